The Morgan fingerprint density at radius 3 is 2.65 bits per heavy atom. The minimum Gasteiger partial charge on any atom is -0.369 e. The number of carbonyl (C=O) groups excluding carboxylic acids is 1. The predicted molar refractivity (Wildman–Crippen MR) is 88.7 cm³/mol. The maximum absolute atomic E-state index is 11.0. The summed E-state index contributed by atoms with van der Waals surface area (Å²) in [6, 6.07) is 11.3. The molecule has 1 amide bonds. The fourth-order valence-corrected chi connectivity index (χ4v) is 3.55. The molecule has 0 saturated heterocycles. The topological polar surface area (TPSA) is 129 Å². The molecule has 0 spiro atoms. The average Bonchev–Trinajstić information content (AvgIpc) is 2.52. The summed E-state index contributed by atoms with van der Waals surface area (Å²) >= 11 is 7.34. The van der Waals surface area contributed by atoms with Gasteiger partial charge in [-0.1, -0.05) is 41.6 Å². The highest BCUT2D eigenvalue weighted by atomic mass is 35.5. The molecule has 23 heavy (non-hydrogen) atoms. The second-order valence-electron chi connectivity index (χ2n) is 4.93. The molecule has 0 aromatic heterocycles. The van der Waals surface area contributed by atoms with Crippen LogP contribution in [-0.4, -0.2) is 17.8 Å². The molecule has 0 bridgehead atoms. The van der Waals surface area contributed by atoms with Gasteiger partial charge in [0.15, 0.2) is 0 Å². The first-order valence-electron chi connectivity index (χ1n) is 6.71. The third-order valence-corrected chi connectivity index (χ3v) is 4.87. The van der Waals surface area contributed by atoms with E-state index in [9.17, 15) is 15.3 Å². The third kappa shape index (κ3) is 3.59. The van der Waals surface area contributed by atoms with Crippen molar-refractivity contribution in [2.24, 2.45) is 17.4 Å². The number of halogens is 1. The number of benzene rings is 1. The normalized spacial score (nSPS) is 23.6. The minimum atomic E-state index is -0.686. The highest BCUT2D eigenvalue weighted by molar-refractivity contribution is 8.03. The lowest BCUT2D eigenvalue weighted by Crippen LogP contribution is -2.49. The Bertz CT molecular complexity index is 736. The van der Waals surface area contributed by atoms with Crippen molar-refractivity contribution in [3.63, 3.8) is 0 Å². The molecule has 1 aromatic rings. The number of hydrogen-bond donors (Lipinski definition) is 3. The number of nitrogens with zero attached hydrogens (tertiary/aromatic N) is 2. The summed E-state index contributed by atoms with van der Waals surface area (Å²) in [5.41, 5.74) is 12.2. The van der Waals surface area contributed by atoms with Crippen molar-refractivity contribution < 1.29 is 4.79 Å². The van der Waals surface area contributed by atoms with Gasteiger partial charge in [0.25, 0.3) is 0 Å². The maximum atomic E-state index is 11.0. The monoisotopic (exact) mass is 347 g/mol. The van der Waals surface area contributed by atoms with Crippen LogP contribution >= 0.6 is 23.4 Å². The van der Waals surface area contributed by atoms with Gasteiger partial charge in [-0.25, -0.2) is 0 Å². The van der Waals surface area contributed by atoms with Gasteiger partial charge >= 0.3 is 0 Å². The van der Waals surface area contributed by atoms with Crippen LogP contribution in [0.5, 0.6) is 0 Å². The van der Waals surface area contributed by atoms with Crippen LogP contribution in [0.25, 0.3) is 0 Å². The molecule has 0 fully saturated rings. The summed E-state index contributed by atoms with van der Waals surface area (Å²) in [6.07, 6.45) is -0.686. The van der Waals surface area contributed by atoms with Gasteiger partial charge in [0.1, 0.15) is 0 Å². The van der Waals surface area contributed by atoms with Crippen molar-refractivity contribution in [3.8, 4) is 12.1 Å². The molecule has 2 rings (SSSR count). The molecular formula is C15H14ClN5OS. The SMILES string of the molecule is N#CC1=C(SCC(N)=O)N[C@H](N)[C@H](C#N)[C@H]1c1ccccc1Cl. The number of hydrogen-bond acceptors (Lipinski definition) is 6. The quantitative estimate of drug-likeness (QED) is 0.755. The Kier molecular flexibility index (Phi) is 5.51. The number of rotatable bonds is 4. The van der Waals surface area contributed by atoms with E-state index in [0.717, 1.165) is 11.8 Å². The fourth-order valence-electron chi connectivity index (χ4n) is 2.46. The van der Waals surface area contributed by atoms with E-state index < -0.39 is 23.9 Å². The highest BCUT2D eigenvalue weighted by Crippen LogP contribution is 2.42. The number of amides is 1. The Morgan fingerprint density at radius 1 is 1.39 bits per heavy atom. The van der Waals surface area contributed by atoms with Crippen LogP contribution in [0, 0.1) is 28.6 Å². The molecule has 0 aliphatic carbocycles. The van der Waals surface area contributed by atoms with Gasteiger partial charge in [0.2, 0.25) is 5.91 Å². The molecule has 0 unspecified atom stereocenters. The van der Waals surface area contributed by atoms with Crippen LogP contribution in [-0.2, 0) is 4.79 Å². The highest BCUT2D eigenvalue weighted by Gasteiger charge is 2.39. The smallest absolute Gasteiger partial charge is 0.227 e. The fraction of sp³-hybridized carbons (Fsp3) is 0.267. The zero-order valence-electron chi connectivity index (χ0n) is 12.0. The van der Waals surface area contributed by atoms with Crippen molar-refractivity contribution in [1.29, 1.82) is 10.5 Å². The molecule has 3 atom stereocenters. The first kappa shape index (κ1) is 17.2. The van der Waals surface area contributed by atoms with Gasteiger partial charge < -0.3 is 16.8 Å². The Hall–Kier alpha value is -2.19. The zero-order chi connectivity index (χ0) is 17.0. The van der Waals surface area contributed by atoms with Crippen LogP contribution in [0.1, 0.15) is 11.5 Å². The summed E-state index contributed by atoms with van der Waals surface area (Å²) in [7, 11) is 0. The number of thioether (sulfide) groups is 1. The Morgan fingerprint density at radius 2 is 2.09 bits per heavy atom. The molecule has 8 heteroatoms. The van der Waals surface area contributed by atoms with Gasteiger partial charge in [-0.3, -0.25) is 4.79 Å². The van der Waals surface area contributed by atoms with E-state index in [2.05, 4.69) is 17.5 Å². The van der Waals surface area contributed by atoms with Gasteiger partial charge in [-0.2, -0.15) is 10.5 Å². The van der Waals surface area contributed by atoms with Crippen LogP contribution in [0.3, 0.4) is 0 Å². The second-order valence-corrected chi connectivity index (χ2v) is 6.33. The summed E-state index contributed by atoms with van der Waals surface area (Å²) < 4.78 is 0. The van der Waals surface area contributed by atoms with Crippen LogP contribution in [0.2, 0.25) is 5.02 Å². The van der Waals surface area contributed by atoms with E-state index in [1.54, 1.807) is 24.3 Å². The standard InChI is InChI=1S/C15H14ClN5OS/c16-11-4-2-1-3-8(11)13-9(5-17)14(20)21-15(10(13)6-18)23-7-12(19)22/h1-4,9,13-14,21H,7,20H2,(H2,19,22)/t9-,13-,14+/m1/s1. The van der Waals surface area contributed by atoms with Gasteiger partial charge in [0, 0.05) is 10.9 Å². The second kappa shape index (κ2) is 7.38. The predicted octanol–water partition coefficient (Wildman–Crippen LogP) is 1.41. The number of nitrogens with two attached hydrogens (primary N) is 2. The Labute approximate surface area is 143 Å². The van der Waals surface area contributed by atoms with Crippen molar-refractivity contribution in [3.05, 3.63) is 45.5 Å². The summed E-state index contributed by atoms with van der Waals surface area (Å²) in [6.45, 7) is 0. The van der Waals surface area contributed by atoms with Gasteiger partial charge in [-0.15, -0.1) is 0 Å². The Balaban J connectivity index is 2.55. The van der Waals surface area contributed by atoms with E-state index in [0.29, 0.717) is 21.2 Å². The van der Waals surface area contributed by atoms with Gasteiger partial charge in [-0.05, 0) is 11.6 Å². The number of nitriles is 2. The third-order valence-electron chi connectivity index (χ3n) is 3.47. The molecule has 0 saturated carbocycles. The lowest BCUT2D eigenvalue weighted by molar-refractivity contribution is -0.115. The van der Waals surface area contributed by atoms with Crippen molar-refractivity contribution >= 4 is 29.3 Å². The number of nitrogens with one attached hydrogen (secondary N) is 1. The van der Waals surface area contributed by atoms with Crippen molar-refractivity contribution in [2.75, 3.05) is 5.75 Å². The van der Waals surface area contributed by atoms with Crippen molar-refractivity contribution in [1.82, 2.24) is 5.32 Å². The molecule has 6 nitrogen and oxygen atoms in total. The molecule has 118 valence electrons. The van der Waals surface area contributed by atoms with Crippen LogP contribution in [0.15, 0.2) is 34.9 Å². The first-order chi connectivity index (χ1) is 11.0. The van der Waals surface area contributed by atoms with E-state index >= 15 is 0 Å². The number of allylic oxidation sites excluding steroid dienone is 1. The molecule has 1 heterocycles. The number of carbonyl (C=O) groups is 1. The zero-order valence-corrected chi connectivity index (χ0v) is 13.6. The van der Waals surface area contributed by atoms with Crippen LogP contribution < -0.4 is 16.8 Å². The molecular weight excluding hydrogens is 334 g/mol. The van der Waals surface area contributed by atoms with E-state index in [1.807, 2.05) is 0 Å². The first-order valence-corrected chi connectivity index (χ1v) is 8.07. The average molecular weight is 348 g/mol. The minimum absolute atomic E-state index is 0.00664. The molecule has 0 radical (unpaired) electrons. The van der Waals surface area contributed by atoms with E-state index in [1.165, 1.54) is 0 Å². The molecule has 1 aliphatic heterocycles. The lowest BCUT2D eigenvalue weighted by atomic mass is 9.78. The molecule has 1 aliphatic rings. The van der Waals surface area contributed by atoms with E-state index in [-0.39, 0.29) is 5.75 Å². The number of primary amides is 1. The van der Waals surface area contributed by atoms with E-state index in [4.69, 9.17) is 23.1 Å². The summed E-state index contributed by atoms with van der Waals surface area (Å²) in [4.78, 5) is 11.0. The summed E-state index contributed by atoms with van der Waals surface area (Å²) in [5, 5.41) is 22.9. The van der Waals surface area contributed by atoms with Crippen LogP contribution in [0.4, 0.5) is 0 Å². The molecule has 1 aromatic carbocycles. The van der Waals surface area contributed by atoms with Gasteiger partial charge in [0.05, 0.1) is 40.6 Å². The summed E-state index contributed by atoms with van der Waals surface area (Å²) in [5.74, 6) is -1.73. The lowest BCUT2D eigenvalue weighted by Gasteiger charge is -2.35. The van der Waals surface area contributed by atoms with Crippen molar-refractivity contribution in [2.45, 2.75) is 12.1 Å². The largest absolute Gasteiger partial charge is 0.369 e. The maximum Gasteiger partial charge on any atom is 0.227 e. The molecule has 5 N–H and O–H groups in total.